The summed E-state index contributed by atoms with van der Waals surface area (Å²) in [6.45, 7) is 4.96. The summed E-state index contributed by atoms with van der Waals surface area (Å²) in [5.41, 5.74) is -1.84. The number of aromatic carboxylic acids is 1. The van der Waals surface area contributed by atoms with Crippen molar-refractivity contribution in [3.05, 3.63) is 22.2 Å². The molecule has 8 heteroatoms. The first kappa shape index (κ1) is 13.7. The van der Waals surface area contributed by atoms with Crippen molar-refractivity contribution in [2.75, 3.05) is 5.32 Å². The van der Waals surface area contributed by atoms with Crippen molar-refractivity contribution < 1.29 is 19.4 Å². The molecule has 0 fully saturated rings. The van der Waals surface area contributed by atoms with Crippen LogP contribution in [0.5, 0.6) is 0 Å². The molecular formula is C10H13N3O5. The predicted molar refractivity (Wildman–Crippen MR) is 61.7 cm³/mol. The minimum absolute atomic E-state index is 0.267. The van der Waals surface area contributed by atoms with Gasteiger partial charge in [-0.25, -0.2) is 19.4 Å². The summed E-state index contributed by atoms with van der Waals surface area (Å²) in [4.78, 5) is 38.6. The van der Waals surface area contributed by atoms with Crippen LogP contribution in [0.1, 0.15) is 31.1 Å². The number of anilines is 1. The van der Waals surface area contributed by atoms with Gasteiger partial charge in [-0.1, -0.05) is 0 Å². The van der Waals surface area contributed by atoms with Crippen molar-refractivity contribution in [3.8, 4) is 0 Å². The number of rotatable bonds is 2. The normalized spacial score (nSPS) is 10.8. The third kappa shape index (κ3) is 3.89. The van der Waals surface area contributed by atoms with Crippen LogP contribution in [0.2, 0.25) is 0 Å². The Hall–Kier alpha value is -2.38. The van der Waals surface area contributed by atoms with Crippen LogP contribution >= 0.6 is 0 Å². The molecule has 0 bridgehead atoms. The second-order valence-electron chi connectivity index (χ2n) is 4.41. The fraction of sp³-hybridized carbons (Fsp3) is 0.400. The number of carbonyl (C=O) groups excluding carboxylic acids is 1. The first-order valence-electron chi connectivity index (χ1n) is 5.01. The van der Waals surface area contributed by atoms with Gasteiger partial charge in [0.2, 0.25) is 0 Å². The van der Waals surface area contributed by atoms with Crippen molar-refractivity contribution in [1.29, 1.82) is 0 Å². The highest BCUT2D eigenvalue weighted by molar-refractivity contribution is 5.96. The van der Waals surface area contributed by atoms with Crippen molar-refractivity contribution in [2.24, 2.45) is 0 Å². The highest BCUT2D eigenvalue weighted by atomic mass is 16.6. The van der Waals surface area contributed by atoms with E-state index in [-0.39, 0.29) is 11.4 Å². The zero-order chi connectivity index (χ0) is 13.9. The number of hydrogen-bond acceptors (Lipinski definition) is 5. The van der Waals surface area contributed by atoms with Gasteiger partial charge >= 0.3 is 17.8 Å². The lowest BCUT2D eigenvalue weighted by Crippen LogP contribution is -2.29. The molecule has 1 aromatic rings. The average Bonchev–Trinajstić information content (AvgIpc) is 2.13. The third-order valence-electron chi connectivity index (χ3n) is 1.67. The van der Waals surface area contributed by atoms with E-state index in [0.717, 1.165) is 6.20 Å². The largest absolute Gasteiger partial charge is 0.478 e. The Balaban J connectivity index is 2.96. The van der Waals surface area contributed by atoms with Crippen LogP contribution in [0.15, 0.2) is 11.0 Å². The fourth-order valence-corrected chi connectivity index (χ4v) is 1.06. The SMILES string of the molecule is CC(C)(C)OC(=O)Nc1[nH]c(=O)ncc1C(=O)O. The average molecular weight is 255 g/mol. The van der Waals surface area contributed by atoms with Crippen LogP contribution in [0, 0.1) is 0 Å². The molecule has 98 valence electrons. The number of H-pyrrole nitrogens is 1. The summed E-state index contributed by atoms with van der Waals surface area (Å²) < 4.78 is 4.93. The van der Waals surface area contributed by atoms with E-state index in [1.807, 2.05) is 0 Å². The maximum Gasteiger partial charge on any atom is 0.413 e. The highest BCUT2D eigenvalue weighted by Crippen LogP contribution is 2.12. The second-order valence-corrected chi connectivity index (χ2v) is 4.41. The van der Waals surface area contributed by atoms with Crippen molar-refractivity contribution in [3.63, 3.8) is 0 Å². The first-order valence-corrected chi connectivity index (χ1v) is 5.01. The molecule has 3 N–H and O–H groups in total. The van der Waals surface area contributed by atoms with E-state index in [4.69, 9.17) is 9.84 Å². The summed E-state index contributed by atoms with van der Waals surface area (Å²) in [5.74, 6) is -1.60. The number of nitrogens with zero attached hydrogens (tertiary/aromatic N) is 1. The number of carbonyl (C=O) groups is 2. The number of aromatic nitrogens is 2. The van der Waals surface area contributed by atoms with Crippen LogP contribution in [-0.4, -0.2) is 32.7 Å². The molecular weight excluding hydrogens is 242 g/mol. The van der Waals surface area contributed by atoms with Crippen LogP contribution < -0.4 is 11.0 Å². The van der Waals surface area contributed by atoms with Crippen molar-refractivity contribution in [1.82, 2.24) is 9.97 Å². The zero-order valence-electron chi connectivity index (χ0n) is 10.1. The van der Waals surface area contributed by atoms with E-state index in [1.54, 1.807) is 20.8 Å². The summed E-state index contributed by atoms with van der Waals surface area (Å²) in [7, 11) is 0. The summed E-state index contributed by atoms with van der Waals surface area (Å²) >= 11 is 0. The van der Waals surface area contributed by atoms with Gasteiger partial charge < -0.3 is 9.84 Å². The molecule has 0 spiro atoms. The standard InChI is InChI=1S/C10H13N3O5/c1-10(2,3)18-9(17)13-6-5(7(14)15)4-11-8(16)12-6/h4H,1-3H3,(H,14,15)(H2,11,12,13,16,17). The monoisotopic (exact) mass is 255 g/mol. The van der Waals surface area contributed by atoms with Gasteiger partial charge in [0.25, 0.3) is 0 Å². The van der Waals surface area contributed by atoms with Crippen LogP contribution in [0.25, 0.3) is 0 Å². The molecule has 0 unspecified atom stereocenters. The minimum Gasteiger partial charge on any atom is -0.478 e. The highest BCUT2D eigenvalue weighted by Gasteiger charge is 2.19. The molecule has 1 amide bonds. The second kappa shape index (κ2) is 4.86. The van der Waals surface area contributed by atoms with E-state index in [2.05, 4.69) is 15.3 Å². The molecule has 0 radical (unpaired) electrons. The molecule has 0 aliphatic carbocycles. The topological polar surface area (TPSA) is 121 Å². The molecule has 0 aliphatic rings. The summed E-state index contributed by atoms with van der Waals surface area (Å²) in [6, 6.07) is 0. The van der Waals surface area contributed by atoms with Gasteiger partial charge in [0.15, 0.2) is 0 Å². The molecule has 1 aromatic heterocycles. The van der Waals surface area contributed by atoms with Gasteiger partial charge in [0, 0.05) is 0 Å². The number of aromatic amines is 1. The van der Waals surface area contributed by atoms with E-state index in [1.165, 1.54) is 0 Å². The molecule has 0 saturated carbocycles. The third-order valence-corrected chi connectivity index (χ3v) is 1.67. The number of hydrogen-bond donors (Lipinski definition) is 3. The maximum absolute atomic E-state index is 11.4. The van der Waals surface area contributed by atoms with Crippen LogP contribution in [0.4, 0.5) is 10.6 Å². The Bertz CT molecular complexity index is 529. The van der Waals surface area contributed by atoms with Gasteiger partial charge in [-0.3, -0.25) is 10.3 Å². The molecule has 1 rings (SSSR count). The van der Waals surface area contributed by atoms with Crippen molar-refractivity contribution in [2.45, 2.75) is 26.4 Å². The molecule has 1 heterocycles. The number of ether oxygens (including phenoxy) is 1. The Kier molecular flexibility index (Phi) is 3.70. The van der Waals surface area contributed by atoms with E-state index < -0.39 is 23.4 Å². The summed E-state index contributed by atoms with van der Waals surface area (Å²) in [6.07, 6.45) is -0.0136. The van der Waals surface area contributed by atoms with E-state index in [0.29, 0.717) is 0 Å². The van der Waals surface area contributed by atoms with Gasteiger partial charge in [-0.05, 0) is 20.8 Å². The lowest BCUT2D eigenvalue weighted by atomic mass is 10.2. The summed E-state index contributed by atoms with van der Waals surface area (Å²) in [5, 5.41) is 11.0. The maximum atomic E-state index is 11.4. The number of nitrogens with one attached hydrogen (secondary N) is 2. The van der Waals surface area contributed by atoms with Gasteiger partial charge in [0.1, 0.15) is 17.0 Å². The first-order chi connectivity index (χ1) is 8.19. The molecule has 0 aromatic carbocycles. The Morgan fingerprint density at radius 1 is 1.44 bits per heavy atom. The number of carboxylic acids is 1. The van der Waals surface area contributed by atoms with E-state index in [9.17, 15) is 14.4 Å². The molecule has 0 aliphatic heterocycles. The fourth-order valence-electron chi connectivity index (χ4n) is 1.06. The predicted octanol–water partition coefficient (Wildman–Crippen LogP) is 0.815. The Morgan fingerprint density at radius 2 is 2.06 bits per heavy atom. The molecule has 0 atom stereocenters. The number of amides is 1. The lowest BCUT2D eigenvalue weighted by molar-refractivity contribution is 0.0635. The molecule has 0 saturated heterocycles. The Labute approximate surface area is 102 Å². The van der Waals surface area contributed by atoms with Crippen molar-refractivity contribution >= 4 is 17.9 Å². The minimum atomic E-state index is -1.33. The quantitative estimate of drug-likeness (QED) is 0.719. The number of carboxylic acid groups (broad SMARTS) is 1. The zero-order valence-corrected chi connectivity index (χ0v) is 10.1. The molecule has 8 nitrogen and oxygen atoms in total. The smallest absolute Gasteiger partial charge is 0.413 e. The Morgan fingerprint density at radius 3 is 2.56 bits per heavy atom. The lowest BCUT2D eigenvalue weighted by Gasteiger charge is -2.19. The van der Waals surface area contributed by atoms with Gasteiger partial charge in [-0.2, -0.15) is 0 Å². The van der Waals surface area contributed by atoms with Gasteiger partial charge in [0.05, 0.1) is 6.20 Å². The molecule has 18 heavy (non-hydrogen) atoms. The van der Waals surface area contributed by atoms with Crippen LogP contribution in [0.3, 0.4) is 0 Å². The van der Waals surface area contributed by atoms with Gasteiger partial charge in [-0.15, -0.1) is 0 Å². The van der Waals surface area contributed by atoms with Crippen LogP contribution in [-0.2, 0) is 4.74 Å². The van der Waals surface area contributed by atoms with E-state index >= 15 is 0 Å².